The van der Waals surface area contributed by atoms with Crippen LogP contribution < -0.4 is 5.73 Å². The lowest BCUT2D eigenvalue weighted by Crippen LogP contribution is -2.15. The SMILES string of the molecule is NC(=O)OCc1cn(Cc2ccncc2)c(Sc2cc(Cl)cc(Cl)c2)c1C1CCC1. The van der Waals surface area contributed by atoms with Crippen molar-refractivity contribution in [3.8, 4) is 0 Å². The van der Waals surface area contributed by atoms with Crippen LogP contribution >= 0.6 is 35.0 Å². The van der Waals surface area contributed by atoms with Gasteiger partial charge in [0.25, 0.3) is 0 Å². The molecule has 1 fully saturated rings. The lowest BCUT2D eigenvalue weighted by atomic mass is 9.80. The molecule has 0 bridgehead atoms. The lowest BCUT2D eigenvalue weighted by Gasteiger charge is -2.27. The summed E-state index contributed by atoms with van der Waals surface area (Å²) in [6.45, 7) is 0.837. The topological polar surface area (TPSA) is 70.1 Å². The Labute approximate surface area is 189 Å². The molecule has 3 aromatic rings. The highest BCUT2D eigenvalue weighted by Crippen LogP contribution is 2.46. The Morgan fingerprint density at radius 3 is 2.50 bits per heavy atom. The maximum atomic E-state index is 11.2. The summed E-state index contributed by atoms with van der Waals surface area (Å²) in [5.41, 5.74) is 8.57. The molecule has 2 heterocycles. The van der Waals surface area contributed by atoms with Crippen LogP contribution in [0.15, 0.2) is 58.8 Å². The summed E-state index contributed by atoms with van der Waals surface area (Å²) in [6, 6.07) is 9.53. The molecule has 0 radical (unpaired) electrons. The third-order valence-electron chi connectivity index (χ3n) is 5.19. The van der Waals surface area contributed by atoms with Gasteiger partial charge in [-0.15, -0.1) is 0 Å². The zero-order valence-corrected chi connectivity index (χ0v) is 18.5. The molecule has 0 spiro atoms. The molecule has 30 heavy (non-hydrogen) atoms. The van der Waals surface area contributed by atoms with Crippen molar-refractivity contribution < 1.29 is 9.53 Å². The third-order valence-corrected chi connectivity index (χ3v) is 6.74. The first-order valence-electron chi connectivity index (χ1n) is 9.66. The van der Waals surface area contributed by atoms with Crippen LogP contribution in [0, 0.1) is 0 Å². The Morgan fingerprint density at radius 2 is 1.90 bits per heavy atom. The van der Waals surface area contributed by atoms with E-state index in [1.807, 2.05) is 24.3 Å². The Bertz CT molecular complexity index is 1030. The molecule has 0 unspecified atom stereocenters. The minimum absolute atomic E-state index is 0.161. The average Bonchev–Trinajstić information content (AvgIpc) is 2.96. The number of pyridine rings is 1. The van der Waals surface area contributed by atoms with Gasteiger partial charge < -0.3 is 15.0 Å². The molecule has 4 rings (SSSR count). The van der Waals surface area contributed by atoms with Crippen molar-refractivity contribution in [2.75, 3.05) is 0 Å². The number of aromatic nitrogens is 2. The number of ether oxygens (including phenoxy) is 1. The summed E-state index contributed by atoms with van der Waals surface area (Å²) >= 11 is 14.1. The molecule has 8 heteroatoms. The summed E-state index contributed by atoms with van der Waals surface area (Å²) < 4.78 is 7.35. The predicted octanol–water partition coefficient (Wildman–Crippen LogP) is 6.25. The highest BCUT2D eigenvalue weighted by molar-refractivity contribution is 7.99. The monoisotopic (exact) mass is 461 g/mol. The normalized spacial score (nSPS) is 13.8. The minimum atomic E-state index is -0.771. The fourth-order valence-electron chi connectivity index (χ4n) is 3.62. The first-order valence-corrected chi connectivity index (χ1v) is 11.2. The van der Waals surface area contributed by atoms with Crippen molar-refractivity contribution in [3.63, 3.8) is 0 Å². The number of halogens is 2. The molecule has 1 saturated carbocycles. The molecule has 2 N–H and O–H groups in total. The van der Waals surface area contributed by atoms with Crippen molar-refractivity contribution in [1.82, 2.24) is 9.55 Å². The molecule has 1 aliphatic rings. The fourth-order valence-corrected chi connectivity index (χ4v) is 5.51. The van der Waals surface area contributed by atoms with Crippen LogP contribution in [0.3, 0.4) is 0 Å². The molecule has 1 amide bonds. The van der Waals surface area contributed by atoms with E-state index in [0.717, 1.165) is 33.9 Å². The molecular weight excluding hydrogens is 441 g/mol. The van der Waals surface area contributed by atoms with E-state index in [4.69, 9.17) is 33.7 Å². The van der Waals surface area contributed by atoms with E-state index in [1.54, 1.807) is 30.2 Å². The van der Waals surface area contributed by atoms with Crippen molar-refractivity contribution in [1.29, 1.82) is 0 Å². The molecule has 1 aromatic carbocycles. The molecule has 0 saturated heterocycles. The van der Waals surface area contributed by atoms with Crippen LogP contribution in [0.1, 0.15) is 41.9 Å². The van der Waals surface area contributed by atoms with Crippen LogP contribution in [0.2, 0.25) is 10.0 Å². The van der Waals surface area contributed by atoms with E-state index in [0.29, 0.717) is 22.5 Å². The van der Waals surface area contributed by atoms with Crippen LogP contribution in [0.25, 0.3) is 0 Å². The van der Waals surface area contributed by atoms with Crippen molar-refractivity contribution in [2.24, 2.45) is 5.73 Å². The summed E-state index contributed by atoms with van der Waals surface area (Å²) in [6.07, 6.45) is 8.29. The smallest absolute Gasteiger partial charge is 0.404 e. The zero-order chi connectivity index (χ0) is 21.1. The standard InChI is InChI=1S/C22H21Cl2N3O2S/c23-17-8-18(24)10-19(9-17)30-21-20(15-2-1-3-15)16(13-29-22(25)28)12-27(21)11-14-4-6-26-7-5-14/h4-10,12,15H,1-3,11,13H2,(H2,25,28). The van der Waals surface area contributed by atoms with Gasteiger partial charge in [-0.1, -0.05) is 41.4 Å². The van der Waals surface area contributed by atoms with Crippen LogP contribution in [-0.4, -0.2) is 15.6 Å². The molecule has 5 nitrogen and oxygen atoms in total. The van der Waals surface area contributed by atoms with Crippen LogP contribution in [0.4, 0.5) is 4.79 Å². The van der Waals surface area contributed by atoms with Gasteiger partial charge in [0.15, 0.2) is 0 Å². The number of rotatable bonds is 7. The molecule has 156 valence electrons. The van der Waals surface area contributed by atoms with E-state index in [1.165, 1.54) is 12.0 Å². The first-order chi connectivity index (χ1) is 14.5. The summed E-state index contributed by atoms with van der Waals surface area (Å²) in [7, 11) is 0. The molecule has 0 aliphatic heterocycles. The number of primary amides is 1. The summed E-state index contributed by atoms with van der Waals surface area (Å²) in [5.74, 6) is 0.437. The van der Waals surface area contributed by atoms with Crippen molar-refractivity contribution >= 4 is 41.1 Å². The van der Waals surface area contributed by atoms with Gasteiger partial charge in [-0.2, -0.15) is 0 Å². The number of carbonyl (C=O) groups is 1. The molecule has 1 aliphatic carbocycles. The number of hydrogen-bond donors (Lipinski definition) is 1. The number of nitrogens with two attached hydrogens (primary N) is 1. The number of benzene rings is 1. The second-order valence-corrected chi connectivity index (χ2v) is 9.23. The Hall–Kier alpha value is -2.15. The maximum Gasteiger partial charge on any atom is 0.404 e. The Kier molecular flexibility index (Phi) is 6.56. The van der Waals surface area contributed by atoms with Gasteiger partial charge in [0.1, 0.15) is 6.61 Å². The highest BCUT2D eigenvalue weighted by Gasteiger charge is 2.29. The quantitative estimate of drug-likeness (QED) is 0.451. The van der Waals surface area contributed by atoms with Crippen molar-refractivity contribution in [3.05, 3.63) is 75.7 Å². The van der Waals surface area contributed by atoms with E-state index >= 15 is 0 Å². The summed E-state index contributed by atoms with van der Waals surface area (Å²) in [5, 5.41) is 2.30. The van der Waals surface area contributed by atoms with Crippen LogP contribution in [-0.2, 0) is 17.9 Å². The maximum absolute atomic E-state index is 11.2. The number of hydrogen-bond acceptors (Lipinski definition) is 4. The average molecular weight is 462 g/mol. The second kappa shape index (κ2) is 9.33. The lowest BCUT2D eigenvalue weighted by molar-refractivity contribution is 0.149. The van der Waals surface area contributed by atoms with Gasteiger partial charge in [-0.05, 0) is 60.2 Å². The van der Waals surface area contributed by atoms with Crippen molar-refractivity contribution in [2.45, 2.75) is 48.3 Å². The fraction of sp³-hybridized carbons (Fsp3) is 0.273. The number of carbonyl (C=O) groups excluding carboxylic acids is 1. The van der Waals surface area contributed by atoms with Crippen LogP contribution in [0.5, 0.6) is 0 Å². The van der Waals surface area contributed by atoms with Gasteiger partial charge in [0, 0.05) is 45.6 Å². The van der Waals surface area contributed by atoms with Gasteiger partial charge in [-0.3, -0.25) is 4.98 Å². The van der Waals surface area contributed by atoms with Gasteiger partial charge in [-0.25, -0.2) is 4.79 Å². The predicted molar refractivity (Wildman–Crippen MR) is 119 cm³/mol. The van der Waals surface area contributed by atoms with E-state index in [9.17, 15) is 4.79 Å². The third kappa shape index (κ3) is 4.94. The van der Waals surface area contributed by atoms with E-state index in [2.05, 4.69) is 15.7 Å². The van der Waals surface area contributed by atoms with Gasteiger partial charge in [0.2, 0.25) is 0 Å². The molecule has 2 aromatic heterocycles. The second-order valence-electron chi connectivity index (χ2n) is 7.30. The first kappa shape index (κ1) is 21.1. The largest absolute Gasteiger partial charge is 0.445 e. The Morgan fingerprint density at radius 1 is 1.20 bits per heavy atom. The van der Waals surface area contributed by atoms with E-state index in [-0.39, 0.29) is 6.61 Å². The summed E-state index contributed by atoms with van der Waals surface area (Å²) in [4.78, 5) is 16.3. The molecular formula is C22H21Cl2N3O2S. The number of amides is 1. The number of nitrogens with zero attached hydrogens (tertiary/aromatic N) is 2. The Balaban J connectivity index is 1.77. The van der Waals surface area contributed by atoms with Gasteiger partial charge >= 0.3 is 6.09 Å². The van der Waals surface area contributed by atoms with E-state index < -0.39 is 6.09 Å². The van der Waals surface area contributed by atoms with Gasteiger partial charge in [0.05, 0.1) is 5.03 Å². The zero-order valence-electron chi connectivity index (χ0n) is 16.2. The molecule has 0 atom stereocenters. The highest BCUT2D eigenvalue weighted by atomic mass is 35.5. The minimum Gasteiger partial charge on any atom is -0.445 e.